The van der Waals surface area contributed by atoms with Crippen molar-refractivity contribution in [1.29, 1.82) is 0 Å². The number of nitrogens with zero attached hydrogens (tertiary/aromatic N) is 2. The van der Waals surface area contributed by atoms with Crippen LogP contribution in [0, 0.1) is 22.0 Å². The number of non-ortho nitro benzene ring substituents is 1. The maximum absolute atomic E-state index is 11.7. The molecule has 39 heavy (non-hydrogen) atoms. The van der Waals surface area contributed by atoms with E-state index >= 15 is 0 Å². The Hall–Kier alpha value is -3.80. The van der Waals surface area contributed by atoms with Gasteiger partial charge in [0.15, 0.2) is 0 Å². The van der Waals surface area contributed by atoms with Crippen molar-refractivity contribution in [3.05, 3.63) is 98.7 Å². The van der Waals surface area contributed by atoms with Crippen LogP contribution in [0.25, 0.3) is 10.9 Å². The summed E-state index contributed by atoms with van der Waals surface area (Å²) in [5, 5.41) is 12.7. The van der Waals surface area contributed by atoms with Crippen LogP contribution < -0.4 is 9.47 Å². The number of rotatable bonds is 5. The van der Waals surface area contributed by atoms with E-state index in [-0.39, 0.29) is 16.0 Å². The zero-order valence-corrected chi connectivity index (χ0v) is 22.8. The van der Waals surface area contributed by atoms with E-state index in [4.69, 9.17) is 9.47 Å². The molecule has 4 atom stereocenters. The van der Waals surface area contributed by atoms with Crippen LogP contribution in [0.2, 0.25) is 0 Å². The molecule has 7 rings (SSSR count). The summed E-state index contributed by atoms with van der Waals surface area (Å²) in [5.74, 6) is 3.23. The molecule has 1 heterocycles. The highest BCUT2D eigenvalue weighted by atomic mass is 16.6. The van der Waals surface area contributed by atoms with Crippen LogP contribution in [0.5, 0.6) is 11.5 Å². The smallest absolute Gasteiger partial charge is 0.273 e. The van der Waals surface area contributed by atoms with E-state index in [1.54, 1.807) is 19.2 Å². The minimum Gasteiger partial charge on any atom is -0.494 e. The molecule has 3 aliphatic rings. The number of nitro benzene ring substituents is 1. The van der Waals surface area contributed by atoms with E-state index in [2.05, 4.69) is 48.9 Å². The molecule has 0 bridgehead atoms. The lowest BCUT2D eigenvalue weighted by Gasteiger charge is -2.49. The number of ether oxygens (including phenoxy) is 2. The highest BCUT2D eigenvalue weighted by Crippen LogP contribution is 2.61. The van der Waals surface area contributed by atoms with E-state index in [1.807, 2.05) is 18.2 Å². The van der Waals surface area contributed by atoms with Crippen LogP contribution in [0.3, 0.4) is 0 Å². The Kier molecular flexibility index (Phi) is 5.51. The SMILES string of the molecule is COc1cc([N+](=O)[O-])cc2c3c(n(C)c12)[C@@]1(C)CCC2c4ccc(OCc5ccccc5)cc4CCC2C1C3. The molecule has 6 heteroatoms. The van der Waals surface area contributed by atoms with Gasteiger partial charge in [-0.2, -0.15) is 0 Å². The third-order valence-electron chi connectivity index (χ3n) is 10.1. The quantitative estimate of drug-likeness (QED) is 0.205. The van der Waals surface area contributed by atoms with Crippen LogP contribution in [0.15, 0.2) is 60.7 Å². The minimum atomic E-state index is -0.309. The normalized spacial score (nSPS) is 24.9. The number of hydrogen-bond donors (Lipinski definition) is 0. The molecule has 200 valence electrons. The molecule has 1 aromatic heterocycles. The summed E-state index contributed by atoms with van der Waals surface area (Å²) in [6, 6.07) is 20.4. The number of aromatic nitrogens is 1. The lowest BCUT2D eigenvalue weighted by molar-refractivity contribution is -0.384. The Morgan fingerprint density at radius 1 is 1.10 bits per heavy atom. The van der Waals surface area contributed by atoms with Crippen molar-refractivity contribution in [1.82, 2.24) is 4.57 Å². The molecule has 1 saturated carbocycles. The molecular formula is C33H34N2O4. The second-order valence-electron chi connectivity index (χ2n) is 11.9. The molecule has 0 radical (unpaired) electrons. The number of nitro groups is 1. The average Bonchev–Trinajstić information content (AvgIpc) is 3.43. The summed E-state index contributed by atoms with van der Waals surface area (Å²) in [7, 11) is 3.71. The van der Waals surface area contributed by atoms with Crippen LogP contribution in [-0.4, -0.2) is 16.6 Å². The highest BCUT2D eigenvalue weighted by molar-refractivity contribution is 5.93. The molecule has 0 N–H and O–H groups in total. The Labute approximate surface area is 228 Å². The molecule has 0 saturated heterocycles. The van der Waals surface area contributed by atoms with Gasteiger partial charge in [0, 0.05) is 29.6 Å². The van der Waals surface area contributed by atoms with Crippen molar-refractivity contribution >= 4 is 16.6 Å². The third kappa shape index (κ3) is 3.60. The molecule has 4 aromatic rings. The van der Waals surface area contributed by atoms with Gasteiger partial charge in [-0.15, -0.1) is 0 Å². The molecular weight excluding hydrogens is 488 g/mol. The maximum atomic E-state index is 11.7. The van der Waals surface area contributed by atoms with Crippen molar-refractivity contribution in [2.45, 2.75) is 57.0 Å². The molecule has 3 aliphatic carbocycles. The van der Waals surface area contributed by atoms with Gasteiger partial charge in [-0.1, -0.05) is 43.3 Å². The number of hydrogen-bond acceptors (Lipinski definition) is 4. The Morgan fingerprint density at radius 2 is 1.92 bits per heavy atom. The second kappa shape index (κ2) is 8.87. The monoisotopic (exact) mass is 522 g/mol. The third-order valence-corrected chi connectivity index (χ3v) is 10.1. The van der Waals surface area contributed by atoms with Crippen LogP contribution in [0.4, 0.5) is 5.69 Å². The number of benzene rings is 3. The summed E-state index contributed by atoms with van der Waals surface area (Å²) in [5.41, 5.74) is 7.89. The van der Waals surface area contributed by atoms with E-state index < -0.39 is 0 Å². The van der Waals surface area contributed by atoms with Gasteiger partial charge >= 0.3 is 0 Å². The Balaban J connectivity index is 1.20. The van der Waals surface area contributed by atoms with Crippen molar-refractivity contribution in [3.8, 4) is 11.5 Å². The average molecular weight is 523 g/mol. The summed E-state index contributed by atoms with van der Waals surface area (Å²) in [6.07, 6.45) is 5.50. The van der Waals surface area contributed by atoms with Gasteiger partial charge in [0.2, 0.25) is 0 Å². The van der Waals surface area contributed by atoms with Gasteiger partial charge in [-0.05, 0) is 84.2 Å². The molecule has 6 nitrogen and oxygen atoms in total. The van der Waals surface area contributed by atoms with Gasteiger partial charge in [0.05, 0.1) is 23.6 Å². The topological polar surface area (TPSA) is 66.5 Å². The first kappa shape index (κ1) is 24.3. The highest BCUT2D eigenvalue weighted by Gasteiger charge is 2.55. The summed E-state index contributed by atoms with van der Waals surface area (Å²) >= 11 is 0. The fraction of sp³-hybridized carbons (Fsp3) is 0.394. The maximum Gasteiger partial charge on any atom is 0.273 e. The minimum absolute atomic E-state index is 0.0559. The molecule has 0 aliphatic heterocycles. The zero-order chi connectivity index (χ0) is 26.9. The van der Waals surface area contributed by atoms with Crippen molar-refractivity contribution in [2.24, 2.45) is 18.9 Å². The molecule has 0 amide bonds. The van der Waals surface area contributed by atoms with Crippen molar-refractivity contribution < 1.29 is 14.4 Å². The van der Waals surface area contributed by atoms with Gasteiger partial charge in [-0.3, -0.25) is 10.1 Å². The van der Waals surface area contributed by atoms with Crippen molar-refractivity contribution in [2.75, 3.05) is 7.11 Å². The first-order valence-electron chi connectivity index (χ1n) is 14.0. The summed E-state index contributed by atoms with van der Waals surface area (Å²) < 4.78 is 14.1. The fourth-order valence-corrected chi connectivity index (χ4v) is 8.41. The Morgan fingerprint density at radius 3 is 2.69 bits per heavy atom. The van der Waals surface area contributed by atoms with Gasteiger partial charge in [0.25, 0.3) is 5.69 Å². The van der Waals surface area contributed by atoms with Gasteiger partial charge in [-0.25, -0.2) is 0 Å². The van der Waals surface area contributed by atoms with Gasteiger partial charge < -0.3 is 14.0 Å². The molecule has 0 spiro atoms. The molecule has 1 fully saturated rings. The lowest BCUT2D eigenvalue weighted by Crippen LogP contribution is -2.43. The van der Waals surface area contributed by atoms with E-state index in [1.165, 1.54) is 34.4 Å². The van der Waals surface area contributed by atoms with E-state index in [0.29, 0.717) is 30.1 Å². The van der Waals surface area contributed by atoms with Crippen LogP contribution in [0.1, 0.15) is 60.1 Å². The zero-order valence-electron chi connectivity index (χ0n) is 22.8. The fourth-order valence-electron chi connectivity index (χ4n) is 8.41. The largest absolute Gasteiger partial charge is 0.494 e. The Bertz CT molecular complexity index is 1610. The van der Waals surface area contributed by atoms with E-state index in [0.717, 1.165) is 42.3 Å². The second-order valence-corrected chi connectivity index (χ2v) is 11.9. The number of aryl methyl sites for hydroxylation is 2. The number of fused-ring (bicyclic) bond motifs is 9. The predicted molar refractivity (Wildman–Crippen MR) is 152 cm³/mol. The van der Waals surface area contributed by atoms with Crippen molar-refractivity contribution in [3.63, 3.8) is 0 Å². The number of methoxy groups -OCH3 is 1. The predicted octanol–water partition coefficient (Wildman–Crippen LogP) is 7.24. The molecule has 3 unspecified atom stereocenters. The van der Waals surface area contributed by atoms with Gasteiger partial charge in [0.1, 0.15) is 18.1 Å². The van der Waals surface area contributed by atoms with Crippen LogP contribution in [-0.2, 0) is 31.9 Å². The first-order valence-corrected chi connectivity index (χ1v) is 14.0. The lowest BCUT2D eigenvalue weighted by atomic mass is 9.55. The standard InChI is InChI=1S/C33H34N2O4/c1-33-14-13-25-24-12-10-23(39-19-20-7-5-4-6-8-20)15-21(24)9-11-26(25)29(33)18-28-27-16-22(35(36)37)17-30(38-3)31(27)34(2)32(28)33/h4-8,10,12,15-17,25-26,29H,9,11,13-14,18-19H2,1-3H3/t25?,26?,29?,33-/m0/s1. The van der Waals surface area contributed by atoms with Crippen LogP contribution >= 0.6 is 0 Å². The van der Waals surface area contributed by atoms with E-state index in [9.17, 15) is 10.1 Å². The summed E-state index contributed by atoms with van der Waals surface area (Å²) in [4.78, 5) is 11.4. The summed E-state index contributed by atoms with van der Waals surface area (Å²) in [6.45, 7) is 3.02. The first-order chi connectivity index (χ1) is 18.9. The molecule has 3 aromatic carbocycles.